The van der Waals surface area contributed by atoms with Crippen LogP contribution in [-0.4, -0.2) is 45.8 Å². The van der Waals surface area contributed by atoms with Gasteiger partial charge in [-0.25, -0.2) is 4.39 Å². The van der Waals surface area contributed by atoms with Crippen LogP contribution in [0.5, 0.6) is 5.75 Å². The van der Waals surface area contributed by atoms with Gasteiger partial charge in [-0.1, -0.05) is 48.5 Å². The van der Waals surface area contributed by atoms with Gasteiger partial charge in [0.25, 0.3) is 0 Å². The Morgan fingerprint density at radius 3 is 2.56 bits per heavy atom. The number of halogens is 1. The molecule has 182 valence electrons. The second-order valence-corrected chi connectivity index (χ2v) is 9.28. The van der Waals surface area contributed by atoms with Crippen molar-refractivity contribution in [2.75, 3.05) is 13.2 Å². The molecule has 3 heterocycles. The minimum Gasteiger partial charge on any atom is -0.494 e. The number of hydrogen-bond acceptors (Lipinski definition) is 3. The van der Waals surface area contributed by atoms with Gasteiger partial charge in [-0.3, -0.25) is 9.59 Å². The van der Waals surface area contributed by atoms with Gasteiger partial charge in [-0.2, -0.15) is 0 Å². The average Bonchev–Trinajstić information content (AvgIpc) is 3.26. The van der Waals surface area contributed by atoms with Crippen molar-refractivity contribution in [3.8, 4) is 5.75 Å². The summed E-state index contributed by atoms with van der Waals surface area (Å²) in [6.07, 6.45) is 0.428. The van der Waals surface area contributed by atoms with E-state index in [1.807, 2.05) is 49.4 Å². The zero-order chi connectivity index (χ0) is 24.8. The van der Waals surface area contributed by atoms with Crippen LogP contribution in [0.1, 0.15) is 35.3 Å². The topological polar surface area (TPSA) is 65.6 Å². The van der Waals surface area contributed by atoms with Gasteiger partial charge in [-0.15, -0.1) is 0 Å². The highest BCUT2D eigenvalue weighted by atomic mass is 19.1. The summed E-state index contributed by atoms with van der Waals surface area (Å²) in [6, 6.07) is 20.7. The SMILES string of the molecule is CCOc1ccccc1C1c2[nH]c3ccccc3c2C[C@H]2C(=O)N(Cc3ccc(F)cc3)CC(=O)N12. The molecule has 0 radical (unpaired) electrons. The number of amides is 2. The zero-order valence-electron chi connectivity index (χ0n) is 19.9. The van der Waals surface area contributed by atoms with Gasteiger partial charge in [0.2, 0.25) is 11.8 Å². The van der Waals surface area contributed by atoms with E-state index in [2.05, 4.69) is 11.1 Å². The van der Waals surface area contributed by atoms with E-state index < -0.39 is 12.1 Å². The summed E-state index contributed by atoms with van der Waals surface area (Å²) in [5.74, 6) is 0.140. The van der Waals surface area contributed by atoms with E-state index in [9.17, 15) is 14.0 Å². The number of para-hydroxylation sites is 2. The summed E-state index contributed by atoms with van der Waals surface area (Å²) in [5.41, 5.74) is 4.59. The van der Waals surface area contributed by atoms with Crippen LogP contribution < -0.4 is 4.74 Å². The number of carbonyl (C=O) groups excluding carboxylic acids is 2. The summed E-state index contributed by atoms with van der Waals surface area (Å²) in [4.78, 5) is 34.4. The second-order valence-electron chi connectivity index (χ2n) is 9.28. The number of rotatable bonds is 5. The monoisotopic (exact) mass is 483 g/mol. The molecule has 1 aromatic heterocycles. The Morgan fingerprint density at radius 1 is 1.00 bits per heavy atom. The molecule has 1 unspecified atom stereocenters. The largest absolute Gasteiger partial charge is 0.494 e. The number of aromatic nitrogens is 1. The lowest BCUT2D eigenvalue weighted by molar-refractivity contribution is -0.159. The number of fused-ring (bicyclic) bond motifs is 4. The van der Waals surface area contributed by atoms with E-state index in [-0.39, 0.29) is 30.7 Å². The first kappa shape index (κ1) is 22.3. The first-order chi connectivity index (χ1) is 17.5. The Balaban J connectivity index is 1.46. The molecule has 0 aliphatic carbocycles. The highest BCUT2D eigenvalue weighted by Crippen LogP contribution is 2.45. The third-order valence-electron chi connectivity index (χ3n) is 7.14. The Bertz CT molecular complexity index is 1460. The summed E-state index contributed by atoms with van der Waals surface area (Å²) in [7, 11) is 0. The van der Waals surface area contributed by atoms with Crippen LogP contribution in [0.15, 0.2) is 72.8 Å². The smallest absolute Gasteiger partial charge is 0.246 e. The molecule has 0 spiro atoms. The molecule has 2 aliphatic rings. The van der Waals surface area contributed by atoms with E-state index in [0.29, 0.717) is 18.8 Å². The molecule has 7 heteroatoms. The fourth-order valence-electron chi connectivity index (χ4n) is 5.59. The number of nitrogens with zero attached hydrogens (tertiary/aromatic N) is 2. The predicted molar refractivity (Wildman–Crippen MR) is 134 cm³/mol. The first-order valence-electron chi connectivity index (χ1n) is 12.2. The molecular weight excluding hydrogens is 457 g/mol. The van der Waals surface area contributed by atoms with Gasteiger partial charge < -0.3 is 19.5 Å². The van der Waals surface area contributed by atoms with Crippen LogP contribution in [0.3, 0.4) is 0 Å². The highest BCUT2D eigenvalue weighted by Gasteiger charge is 2.48. The second kappa shape index (κ2) is 8.82. The standard InChI is InChI=1S/C29H26FN3O3/c1-2-36-25-10-6-4-8-21(25)28-27-22(20-7-3-5-9-23(20)31-27)15-24-29(35)32(17-26(34)33(24)28)16-18-11-13-19(30)14-12-18/h3-14,24,28,31H,2,15-17H2,1H3/t24-,28?/m0/s1. The Morgan fingerprint density at radius 2 is 1.75 bits per heavy atom. The molecule has 6 rings (SSSR count). The Labute approximate surface area is 208 Å². The van der Waals surface area contributed by atoms with Crippen molar-refractivity contribution in [1.82, 2.24) is 14.8 Å². The molecule has 6 nitrogen and oxygen atoms in total. The fourth-order valence-corrected chi connectivity index (χ4v) is 5.59. The highest BCUT2D eigenvalue weighted by molar-refractivity contribution is 5.97. The molecule has 4 aromatic rings. The third-order valence-corrected chi connectivity index (χ3v) is 7.14. The minimum atomic E-state index is -0.641. The lowest BCUT2D eigenvalue weighted by atomic mass is 9.85. The molecule has 2 aliphatic heterocycles. The molecular formula is C29H26FN3O3. The number of ether oxygens (including phenoxy) is 1. The van der Waals surface area contributed by atoms with Gasteiger partial charge in [0.1, 0.15) is 30.2 Å². The van der Waals surface area contributed by atoms with Gasteiger partial charge in [0.15, 0.2) is 0 Å². The van der Waals surface area contributed by atoms with Crippen molar-refractivity contribution < 1.29 is 18.7 Å². The summed E-state index contributed by atoms with van der Waals surface area (Å²) in [5, 5.41) is 1.06. The van der Waals surface area contributed by atoms with Gasteiger partial charge in [0, 0.05) is 35.1 Å². The molecule has 2 amide bonds. The summed E-state index contributed by atoms with van der Waals surface area (Å²) < 4.78 is 19.4. The number of nitrogens with one attached hydrogen (secondary N) is 1. The Kier molecular flexibility index (Phi) is 5.48. The third kappa shape index (κ3) is 3.63. The first-order valence-corrected chi connectivity index (χ1v) is 12.2. The van der Waals surface area contributed by atoms with E-state index in [1.54, 1.807) is 21.9 Å². The van der Waals surface area contributed by atoms with Crippen LogP contribution in [0.25, 0.3) is 10.9 Å². The van der Waals surface area contributed by atoms with Crippen molar-refractivity contribution in [3.63, 3.8) is 0 Å². The lowest BCUT2D eigenvalue weighted by Crippen LogP contribution is -2.62. The van der Waals surface area contributed by atoms with E-state index >= 15 is 0 Å². The molecule has 1 N–H and O–H groups in total. The van der Waals surface area contributed by atoms with E-state index in [4.69, 9.17) is 4.74 Å². The molecule has 3 aromatic carbocycles. The van der Waals surface area contributed by atoms with Crippen molar-refractivity contribution in [2.45, 2.75) is 32.0 Å². The van der Waals surface area contributed by atoms with Gasteiger partial charge in [-0.05, 0) is 42.3 Å². The minimum absolute atomic E-state index is 0.0322. The quantitative estimate of drug-likeness (QED) is 0.452. The fraction of sp³-hybridized carbons (Fsp3) is 0.241. The molecule has 2 atom stereocenters. The number of H-pyrrole nitrogens is 1. The zero-order valence-corrected chi connectivity index (χ0v) is 19.9. The van der Waals surface area contributed by atoms with Crippen LogP contribution in [-0.2, 0) is 22.6 Å². The maximum absolute atomic E-state index is 13.8. The molecule has 1 fully saturated rings. The number of aromatic amines is 1. The molecule has 0 bridgehead atoms. The number of carbonyl (C=O) groups is 2. The maximum atomic E-state index is 13.8. The average molecular weight is 484 g/mol. The van der Waals surface area contributed by atoms with Crippen molar-refractivity contribution >= 4 is 22.7 Å². The number of piperazine rings is 1. The number of benzene rings is 3. The number of hydrogen-bond donors (Lipinski definition) is 1. The van der Waals surface area contributed by atoms with E-state index in [0.717, 1.165) is 33.3 Å². The van der Waals surface area contributed by atoms with Crippen molar-refractivity contribution in [1.29, 1.82) is 0 Å². The molecule has 1 saturated heterocycles. The van der Waals surface area contributed by atoms with Crippen molar-refractivity contribution in [2.24, 2.45) is 0 Å². The normalized spacial score (nSPS) is 19.4. The van der Waals surface area contributed by atoms with Crippen LogP contribution in [0.4, 0.5) is 4.39 Å². The predicted octanol–water partition coefficient (Wildman–Crippen LogP) is 4.59. The van der Waals surface area contributed by atoms with Crippen LogP contribution in [0.2, 0.25) is 0 Å². The van der Waals surface area contributed by atoms with Crippen molar-refractivity contribution in [3.05, 3.63) is 101 Å². The molecule has 36 heavy (non-hydrogen) atoms. The Hall–Kier alpha value is -4.13. The summed E-state index contributed by atoms with van der Waals surface area (Å²) in [6.45, 7) is 2.65. The summed E-state index contributed by atoms with van der Waals surface area (Å²) >= 11 is 0. The maximum Gasteiger partial charge on any atom is 0.246 e. The van der Waals surface area contributed by atoms with Crippen LogP contribution in [0, 0.1) is 5.82 Å². The molecule has 0 saturated carbocycles. The van der Waals surface area contributed by atoms with Gasteiger partial charge >= 0.3 is 0 Å². The van der Waals surface area contributed by atoms with Gasteiger partial charge in [0.05, 0.1) is 6.61 Å². The van der Waals surface area contributed by atoms with Crippen LogP contribution >= 0.6 is 0 Å². The van der Waals surface area contributed by atoms with E-state index in [1.165, 1.54) is 12.1 Å². The lowest BCUT2D eigenvalue weighted by Gasteiger charge is -2.47.